The number of halogens is 3. The molecule has 1 atom stereocenters. The third-order valence-electron chi connectivity index (χ3n) is 8.18. The highest BCUT2D eigenvalue weighted by molar-refractivity contribution is 5.99. The predicted octanol–water partition coefficient (Wildman–Crippen LogP) is 2.20. The van der Waals surface area contributed by atoms with Crippen molar-refractivity contribution >= 4 is 40.7 Å². The van der Waals surface area contributed by atoms with Crippen molar-refractivity contribution in [2.75, 3.05) is 45.9 Å². The molecular weight excluding hydrogens is 655 g/mol. The maximum absolute atomic E-state index is 13.5. The van der Waals surface area contributed by atoms with Gasteiger partial charge in [0.25, 0.3) is 11.8 Å². The van der Waals surface area contributed by atoms with Gasteiger partial charge >= 0.3 is 18.2 Å². The lowest BCUT2D eigenvalue weighted by molar-refractivity contribution is -0.143. The highest BCUT2D eigenvalue weighted by atomic mass is 19.4. The molecule has 2 aliphatic heterocycles. The number of aliphatic carboxylic acids is 1. The number of carbonyl (C=O) groups excluding carboxylic acids is 4. The standard InChI is InChI=1S/C31H34F3N7O8/c1-2-48-30(47)40-13-11-39(12-14-40)29(46)22(7-8-26(43)44)36-28(45)23-15-24(18-5-3-4-6-20(18)35-23)49-17-25(42)41-10-9-21-19(16-41)27(38-37-21)31(32,33)34/h3-6,15,22H,2,7-14,16-17H2,1H3,(H,36,45)(H,37,38)(H,43,44)/t22-/m0/s1. The maximum Gasteiger partial charge on any atom is 0.435 e. The molecule has 15 nitrogen and oxygen atoms in total. The Morgan fingerprint density at radius 3 is 2.45 bits per heavy atom. The predicted molar refractivity (Wildman–Crippen MR) is 163 cm³/mol. The second-order valence-electron chi connectivity index (χ2n) is 11.4. The van der Waals surface area contributed by atoms with Crippen LogP contribution < -0.4 is 10.1 Å². The molecule has 262 valence electrons. The molecule has 0 saturated carbocycles. The normalized spacial score (nSPS) is 15.4. The van der Waals surface area contributed by atoms with Gasteiger partial charge in [0.05, 0.1) is 12.1 Å². The Balaban J connectivity index is 1.29. The van der Waals surface area contributed by atoms with Crippen LogP contribution in [0.5, 0.6) is 5.75 Å². The Kier molecular flexibility index (Phi) is 10.5. The summed E-state index contributed by atoms with van der Waals surface area (Å²) in [6, 6.07) is 6.63. The van der Waals surface area contributed by atoms with E-state index in [4.69, 9.17) is 9.47 Å². The number of hydrogen-bond acceptors (Lipinski definition) is 9. The Hall–Kier alpha value is -5.42. The van der Waals surface area contributed by atoms with Gasteiger partial charge in [0, 0.05) is 74.8 Å². The number of carboxylic acid groups (broad SMARTS) is 1. The van der Waals surface area contributed by atoms with Crippen molar-refractivity contribution < 1.29 is 51.7 Å². The van der Waals surface area contributed by atoms with E-state index in [1.807, 2.05) is 0 Å². The average molecular weight is 690 g/mol. The number of amides is 4. The zero-order valence-electron chi connectivity index (χ0n) is 26.4. The van der Waals surface area contributed by atoms with Crippen molar-refractivity contribution in [3.8, 4) is 5.75 Å². The summed E-state index contributed by atoms with van der Waals surface area (Å²) in [4.78, 5) is 71.9. The Morgan fingerprint density at radius 1 is 1.04 bits per heavy atom. The van der Waals surface area contributed by atoms with Gasteiger partial charge < -0.3 is 34.6 Å². The van der Waals surface area contributed by atoms with Crippen LogP contribution >= 0.6 is 0 Å². The number of carbonyl (C=O) groups is 5. The number of para-hydroxylation sites is 1. The number of nitrogens with one attached hydrogen (secondary N) is 2. The molecule has 0 spiro atoms. The van der Waals surface area contributed by atoms with Gasteiger partial charge in [0.1, 0.15) is 17.5 Å². The van der Waals surface area contributed by atoms with Crippen molar-refractivity contribution in [3.05, 3.63) is 53.0 Å². The topological polar surface area (TPSA) is 187 Å². The van der Waals surface area contributed by atoms with E-state index in [1.54, 1.807) is 31.2 Å². The molecule has 0 radical (unpaired) electrons. The number of aromatic amines is 1. The van der Waals surface area contributed by atoms with Crippen molar-refractivity contribution in [1.82, 2.24) is 35.2 Å². The summed E-state index contributed by atoms with van der Waals surface area (Å²) in [5.74, 6) is -3.01. The second-order valence-corrected chi connectivity index (χ2v) is 11.4. The van der Waals surface area contributed by atoms with Crippen LogP contribution in [-0.4, -0.2) is 117 Å². The summed E-state index contributed by atoms with van der Waals surface area (Å²) in [6.45, 7) is 1.84. The minimum absolute atomic E-state index is 0.0876. The number of nitrogens with zero attached hydrogens (tertiary/aromatic N) is 5. The van der Waals surface area contributed by atoms with Crippen LogP contribution in [0.2, 0.25) is 0 Å². The molecule has 1 saturated heterocycles. The molecule has 3 N–H and O–H groups in total. The van der Waals surface area contributed by atoms with Crippen LogP contribution in [0.25, 0.3) is 10.9 Å². The molecule has 4 amide bonds. The fraction of sp³-hybridized carbons (Fsp3) is 0.452. The molecule has 0 unspecified atom stereocenters. The number of fused-ring (bicyclic) bond motifs is 2. The average Bonchev–Trinajstić information content (AvgIpc) is 3.53. The first-order chi connectivity index (χ1) is 23.3. The summed E-state index contributed by atoms with van der Waals surface area (Å²) in [7, 11) is 0. The second kappa shape index (κ2) is 14.8. The SMILES string of the molecule is CCOC(=O)N1CCN(C(=O)[C@H](CCC(=O)O)NC(=O)c2cc(OCC(=O)N3CCc4[nH]nc(C(F)(F)F)c4C3)c3ccccc3n2)CC1. The first kappa shape index (κ1) is 34.9. The zero-order chi connectivity index (χ0) is 35.3. The first-order valence-electron chi connectivity index (χ1n) is 15.5. The van der Waals surface area contributed by atoms with Crippen LogP contribution in [-0.2, 0) is 38.3 Å². The molecule has 2 aliphatic rings. The van der Waals surface area contributed by atoms with Gasteiger partial charge in [-0.1, -0.05) is 12.1 Å². The summed E-state index contributed by atoms with van der Waals surface area (Å²) in [6.07, 6.45) is -5.67. The molecule has 1 fully saturated rings. The molecule has 1 aromatic carbocycles. The third-order valence-corrected chi connectivity index (χ3v) is 8.18. The van der Waals surface area contributed by atoms with Crippen LogP contribution in [0, 0.1) is 0 Å². The molecule has 5 rings (SSSR count). The van der Waals surface area contributed by atoms with Crippen LogP contribution in [0.15, 0.2) is 30.3 Å². The Labute approximate surface area is 277 Å². The number of aromatic nitrogens is 3. The number of H-pyrrole nitrogens is 1. The quantitative estimate of drug-likeness (QED) is 0.285. The first-order valence-corrected chi connectivity index (χ1v) is 15.5. The monoisotopic (exact) mass is 689 g/mol. The molecule has 18 heteroatoms. The van der Waals surface area contributed by atoms with Crippen molar-refractivity contribution in [1.29, 1.82) is 0 Å². The molecule has 0 aliphatic carbocycles. The van der Waals surface area contributed by atoms with E-state index in [0.717, 1.165) is 0 Å². The fourth-order valence-electron chi connectivity index (χ4n) is 5.65. The maximum atomic E-state index is 13.5. The number of rotatable bonds is 10. The summed E-state index contributed by atoms with van der Waals surface area (Å²) >= 11 is 0. The van der Waals surface area contributed by atoms with E-state index < -0.39 is 60.7 Å². The van der Waals surface area contributed by atoms with Crippen LogP contribution in [0.1, 0.15) is 47.2 Å². The number of piperazine rings is 1. The minimum atomic E-state index is -4.68. The third kappa shape index (κ3) is 8.18. The van der Waals surface area contributed by atoms with Crippen molar-refractivity contribution in [2.24, 2.45) is 0 Å². The fourth-order valence-corrected chi connectivity index (χ4v) is 5.65. The van der Waals surface area contributed by atoms with E-state index in [0.29, 0.717) is 16.6 Å². The number of carboxylic acids is 1. The lowest BCUT2D eigenvalue weighted by atomic mass is 10.1. The largest absolute Gasteiger partial charge is 0.483 e. The summed E-state index contributed by atoms with van der Waals surface area (Å²) in [5.41, 5.74) is -0.731. The van der Waals surface area contributed by atoms with E-state index in [-0.39, 0.29) is 75.7 Å². The highest BCUT2D eigenvalue weighted by Crippen LogP contribution is 2.34. The van der Waals surface area contributed by atoms with Gasteiger partial charge in [-0.25, -0.2) is 9.78 Å². The van der Waals surface area contributed by atoms with E-state index in [1.165, 1.54) is 20.8 Å². The molecule has 3 aromatic rings. The van der Waals surface area contributed by atoms with E-state index in [9.17, 15) is 42.3 Å². The lowest BCUT2D eigenvalue weighted by Crippen LogP contribution is -2.56. The Morgan fingerprint density at radius 2 is 1.76 bits per heavy atom. The molecule has 4 heterocycles. The Bertz CT molecular complexity index is 1740. The minimum Gasteiger partial charge on any atom is -0.483 e. The number of alkyl halides is 3. The molecular formula is C31H34F3N7O8. The summed E-state index contributed by atoms with van der Waals surface area (Å²) in [5, 5.41) is 18.1. The van der Waals surface area contributed by atoms with Crippen LogP contribution in [0.3, 0.4) is 0 Å². The molecule has 2 aromatic heterocycles. The smallest absolute Gasteiger partial charge is 0.435 e. The van der Waals surface area contributed by atoms with Gasteiger partial charge in [-0.15, -0.1) is 0 Å². The van der Waals surface area contributed by atoms with Crippen molar-refractivity contribution in [3.63, 3.8) is 0 Å². The van der Waals surface area contributed by atoms with E-state index >= 15 is 0 Å². The van der Waals surface area contributed by atoms with Gasteiger partial charge in [0.2, 0.25) is 5.91 Å². The number of ether oxygens (including phenoxy) is 2. The van der Waals surface area contributed by atoms with Gasteiger partial charge in [0.15, 0.2) is 12.3 Å². The number of hydrogen-bond donors (Lipinski definition) is 3. The lowest BCUT2D eigenvalue weighted by Gasteiger charge is -2.35. The van der Waals surface area contributed by atoms with Crippen LogP contribution in [0.4, 0.5) is 18.0 Å². The summed E-state index contributed by atoms with van der Waals surface area (Å²) < 4.78 is 51.0. The highest BCUT2D eigenvalue weighted by Gasteiger charge is 2.40. The number of benzene rings is 1. The van der Waals surface area contributed by atoms with Gasteiger partial charge in [-0.05, 0) is 25.5 Å². The zero-order valence-corrected chi connectivity index (χ0v) is 26.4. The van der Waals surface area contributed by atoms with Gasteiger partial charge in [-0.3, -0.25) is 24.3 Å². The van der Waals surface area contributed by atoms with Gasteiger partial charge in [-0.2, -0.15) is 18.3 Å². The molecule has 0 bridgehead atoms. The molecule has 49 heavy (non-hydrogen) atoms. The number of pyridine rings is 1. The van der Waals surface area contributed by atoms with E-state index in [2.05, 4.69) is 20.5 Å². The van der Waals surface area contributed by atoms with Crippen molar-refractivity contribution in [2.45, 2.75) is 44.9 Å².